The SMILES string of the molecule is C[C@@H]1CCC[C@H]1Cl. The van der Waals surface area contributed by atoms with E-state index in [1.54, 1.807) is 0 Å². The average Bonchev–Trinajstić information content (AvgIpc) is 1.91. The average molecular weight is 119 g/mol. The zero-order valence-corrected chi connectivity index (χ0v) is 5.41. The van der Waals surface area contributed by atoms with Gasteiger partial charge in [0.1, 0.15) is 0 Å². The molecule has 0 heterocycles. The van der Waals surface area contributed by atoms with Crippen LogP contribution in [0.1, 0.15) is 26.2 Å². The van der Waals surface area contributed by atoms with Crippen LogP contribution >= 0.6 is 11.6 Å². The molecule has 0 saturated heterocycles. The smallest absolute Gasteiger partial charge is 0.0361 e. The van der Waals surface area contributed by atoms with Crippen LogP contribution in [0.15, 0.2) is 0 Å². The number of rotatable bonds is 0. The van der Waals surface area contributed by atoms with Crippen molar-refractivity contribution >= 4 is 11.6 Å². The third-order valence-electron chi connectivity index (χ3n) is 1.76. The Bertz CT molecular complexity index is 53.2. The lowest BCUT2D eigenvalue weighted by Gasteiger charge is -2.02. The number of hydrogen-bond donors (Lipinski definition) is 0. The van der Waals surface area contributed by atoms with Gasteiger partial charge in [0.15, 0.2) is 0 Å². The third-order valence-corrected chi connectivity index (χ3v) is 2.41. The first-order valence-corrected chi connectivity index (χ1v) is 3.38. The van der Waals surface area contributed by atoms with Crippen molar-refractivity contribution in [3.63, 3.8) is 0 Å². The number of alkyl halides is 1. The van der Waals surface area contributed by atoms with Gasteiger partial charge in [-0.05, 0) is 18.8 Å². The molecule has 0 spiro atoms. The first-order chi connectivity index (χ1) is 3.30. The molecule has 42 valence electrons. The molecule has 0 aliphatic heterocycles. The van der Waals surface area contributed by atoms with Gasteiger partial charge in [-0.2, -0.15) is 0 Å². The Labute approximate surface area is 49.9 Å². The summed E-state index contributed by atoms with van der Waals surface area (Å²) in [4.78, 5) is 0. The molecule has 0 aromatic carbocycles. The quantitative estimate of drug-likeness (QED) is 0.429. The summed E-state index contributed by atoms with van der Waals surface area (Å²) in [6.07, 6.45) is 3.92. The van der Waals surface area contributed by atoms with E-state index in [4.69, 9.17) is 11.6 Å². The lowest BCUT2D eigenvalue weighted by atomic mass is 10.1. The largest absolute Gasteiger partial charge is 0.123 e. The van der Waals surface area contributed by atoms with Crippen LogP contribution in [0.25, 0.3) is 0 Å². The van der Waals surface area contributed by atoms with E-state index in [0.717, 1.165) is 5.92 Å². The lowest BCUT2D eigenvalue weighted by molar-refractivity contribution is 0.619. The van der Waals surface area contributed by atoms with Gasteiger partial charge in [-0.25, -0.2) is 0 Å². The molecule has 0 aromatic heterocycles. The Kier molecular flexibility index (Phi) is 1.58. The molecule has 7 heavy (non-hydrogen) atoms. The summed E-state index contributed by atoms with van der Waals surface area (Å²) in [7, 11) is 0. The highest BCUT2D eigenvalue weighted by Crippen LogP contribution is 2.28. The highest BCUT2D eigenvalue weighted by atomic mass is 35.5. The molecule has 0 bridgehead atoms. The molecule has 1 rings (SSSR count). The molecule has 1 fully saturated rings. The normalized spacial score (nSPS) is 42.0. The Morgan fingerprint density at radius 2 is 2.14 bits per heavy atom. The maximum absolute atomic E-state index is 5.86. The molecule has 0 radical (unpaired) electrons. The van der Waals surface area contributed by atoms with Gasteiger partial charge in [-0.1, -0.05) is 13.3 Å². The lowest BCUT2D eigenvalue weighted by Crippen LogP contribution is -1.99. The fourth-order valence-corrected chi connectivity index (χ4v) is 1.38. The summed E-state index contributed by atoms with van der Waals surface area (Å²) >= 11 is 5.86. The van der Waals surface area contributed by atoms with Gasteiger partial charge in [0.05, 0.1) is 0 Å². The van der Waals surface area contributed by atoms with Crippen LogP contribution in [0, 0.1) is 5.92 Å². The molecule has 0 amide bonds. The van der Waals surface area contributed by atoms with Crippen LogP contribution in [0.3, 0.4) is 0 Å². The van der Waals surface area contributed by atoms with E-state index in [1.807, 2.05) is 0 Å². The Morgan fingerprint density at radius 3 is 2.29 bits per heavy atom. The first-order valence-electron chi connectivity index (χ1n) is 2.95. The van der Waals surface area contributed by atoms with Gasteiger partial charge in [0.25, 0.3) is 0 Å². The Hall–Kier alpha value is 0.290. The molecule has 2 atom stereocenters. The van der Waals surface area contributed by atoms with Crippen molar-refractivity contribution in [1.29, 1.82) is 0 Å². The van der Waals surface area contributed by atoms with E-state index < -0.39 is 0 Å². The van der Waals surface area contributed by atoms with Crippen LogP contribution in [-0.2, 0) is 0 Å². The minimum atomic E-state index is 0.486. The molecule has 0 N–H and O–H groups in total. The summed E-state index contributed by atoms with van der Waals surface area (Å²) in [5.74, 6) is 0.779. The predicted octanol–water partition coefficient (Wildman–Crippen LogP) is 2.41. The summed E-state index contributed by atoms with van der Waals surface area (Å²) in [5.41, 5.74) is 0. The molecule has 1 saturated carbocycles. The minimum Gasteiger partial charge on any atom is -0.123 e. The maximum atomic E-state index is 5.86. The zero-order chi connectivity index (χ0) is 5.28. The number of hydrogen-bond acceptors (Lipinski definition) is 0. The van der Waals surface area contributed by atoms with Gasteiger partial charge in [-0.3, -0.25) is 0 Å². The van der Waals surface area contributed by atoms with Gasteiger partial charge in [0.2, 0.25) is 0 Å². The third kappa shape index (κ3) is 1.09. The second-order valence-corrected chi connectivity index (χ2v) is 2.98. The monoisotopic (exact) mass is 118 g/mol. The van der Waals surface area contributed by atoms with E-state index in [-0.39, 0.29) is 0 Å². The predicted molar refractivity (Wildman–Crippen MR) is 32.7 cm³/mol. The molecule has 1 aliphatic rings. The summed E-state index contributed by atoms with van der Waals surface area (Å²) < 4.78 is 0. The molecular formula is C6H11Cl. The second kappa shape index (κ2) is 2.04. The van der Waals surface area contributed by atoms with Gasteiger partial charge in [0, 0.05) is 5.38 Å². The molecular weight excluding hydrogens is 108 g/mol. The molecule has 1 heteroatoms. The van der Waals surface area contributed by atoms with Crippen molar-refractivity contribution in [2.24, 2.45) is 5.92 Å². The topological polar surface area (TPSA) is 0 Å². The number of halogens is 1. The Balaban J connectivity index is 2.33. The molecule has 0 unspecified atom stereocenters. The molecule has 0 aromatic rings. The van der Waals surface area contributed by atoms with E-state index in [2.05, 4.69) is 6.92 Å². The summed E-state index contributed by atoms with van der Waals surface area (Å²) in [6, 6.07) is 0. The van der Waals surface area contributed by atoms with E-state index >= 15 is 0 Å². The van der Waals surface area contributed by atoms with Gasteiger partial charge >= 0.3 is 0 Å². The van der Waals surface area contributed by atoms with Gasteiger partial charge < -0.3 is 0 Å². The van der Waals surface area contributed by atoms with Crippen LogP contribution < -0.4 is 0 Å². The van der Waals surface area contributed by atoms with E-state index in [0.29, 0.717) is 5.38 Å². The fraction of sp³-hybridized carbons (Fsp3) is 1.00. The maximum Gasteiger partial charge on any atom is 0.0361 e. The van der Waals surface area contributed by atoms with Crippen molar-refractivity contribution < 1.29 is 0 Å². The minimum absolute atomic E-state index is 0.486. The van der Waals surface area contributed by atoms with Gasteiger partial charge in [-0.15, -0.1) is 11.6 Å². The van der Waals surface area contributed by atoms with E-state index in [1.165, 1.54) is 19.3 Å². The summed E-state index contributed by atoms with van der Waals surface area (Å²) in [6.45, 7) is 2.23. The van der Waals surface area contributed by atoms with Crippen molar-refractivity contribution in [2.45, 2.75) is 31.6 Å². The van der Waals surface area contributed by atoms with E-state index in [9.17, 15) is 0 Å². The molecule has 1 aliphatic carbocycles. The second-order valence-electron chi connectivity index (χ2n) is 2.42. The van der Waals surface area contributed by atoms with Crippen LogP contribution in [0.5, 0.6) is 0 Å². The van der Waals surface area contributed by atoms with Crippen molar-refractivity contribution in [2.75, 3.05) is 0 Å². The van der Waals surface area contributed by atoms with Crippen LogP contribution in [-0.4, -0.2) is 5.38 Å². The van der Waals surface area contributed by atoms with Crippen LogP contribution in [0.4, 0.5) is 0 Å². The Morgan fingerprint density at radius 1 is 1.43 bits per heavy atom. The first kappa shape index (κ1) is 5.43. The highest BCUT2D eigenvalue weighted by Gasteiger charge is 2.19. The standard InChI is InChI=1S/C6H11Cl/c1-5-3-2-4-6(5)7/h5-6H,2-4H2,1H3/t5-,6-/m1/s1. The van der Waals surface area contributed by atoms with Crippen molar-refractivity contribution in [1.82, 2.24) is 0 Å². The fourth-order valence-electron chi connectivity index (χ4n) is 1.10. The van der Waals surface area contributed by atoms with Crippen LogP contribution in [0.2, 0.25) is 0 Å². The van der Waals surface area contributed by atoms with Crippen molar-refractivity contribution in [3.05, 3.63) is 0 Å². The summed E-state index contributed by atoms with van der Waals surface area (Å²) in [5, 5.41) is 0.486. The molecule has 0 nitrogen and oxygen atoms in total. The highest BCUT2D eigenvalue weighted by molar-refractivity contribution is 6.20. The van der Waals surface area contributed by atoms with Crippen molar-refractivity contribution in [3.8, 4) is 0 Å². The zero-order valence-electron chi connectivity index (χ0n) is 4.65.